The number of aromatic nitrogens is 2. The van der Waals surface area contributed by atoms with Crippen molar-refractivity contribution in [2.75, 3.05) is 21.9 Å². The lowest BCUT2D eigenvalue weighted by atomic mass is 9.96. The van der Waals surface area contributed by atoms with Crippen molar-refractivity contribution in [2.45, 2.75) is 45.6 Å². The lowest BCUT2D eigenvalue weighted by Gasteiger charge is -2.18. The van der Waals surface area contributed by atoms with E-state index >= 15 is 0 Å². The predicted octanol–water partition coefficient (Wildman–Crippen LogP) is 3.08. The first-order chi connectivity index (χ1) is 11.7. The molecule has 1 atom stereocenters. The molecule has 0 spiro atoms. The van der Waals surface area contributed by atoms with Gasteiger partial charge in [-0.25, -0.2) is 8.42 Å². The molecular formula is C17H24N4O3S. The summed E-state index contributed by atoms with van der Waals surface area (Å²) in [6.07, 6.45) is 0.673. The summed E-state index contributed by atoms with van der Waals surface area (Å²) in [5.74, 6) is 1.42. The molecule has 2 aromatic rings. The molecule has 1 fully saturated rings. The van der Waals surface area contributed by atoms with E-state index in [0.29, 0.717) is 30.4 Å². The van der Waals surface area contributed by atoms with Crippen molar-refractivity contribution in [3.05, 3.63) is 36.0 Å². The number of hydrogen-bond acceptors (Lipinski definition) is 6. The maximum Gasteiger partial charge on any atom is 0.248 e. The second kappa shape index (κ2) is 6.33. The van der Waals surface area contributed by atoms with Crippen molar-refractivity contribution < 1.29 is 12.9 Å². The summed E-state index contributed by atoms with van der Waals surface area (Å²) in [4.78, 5) is 4.45. The number of nitrogens with zero attached hydrogens (tertiary/aromatic N) is 3. The quantitative estimate of drug-likeness (QED) is 0.897. The number of nitrogens with one attached hydrogen (secondary N) is 1. The molecule has 1 aromatic heterocycles. The largest absolute Gasteiger partial charge is 0.374 e. The Morgan fingerprint density at radius 2 is 1.92 bits per heavy atom. The molecule has 1 aliphatic heterocycles. The highest BCUT2D eigenvalue weighted by Crippen LogP contribution is 2.27. The van der Waals surface area contributed by atoms with E-state index in [4.69, 9.17) is 4.52 Å². The van der Waals surface area contributed by atoms with Gasteiger partial charge in [-0.1, -0.05) is 25.9 Å². The molecular weight excluding hydrogens is 340 g/mol. The highest BCUT2D eigenvalue weighted by molar-refractivity contribution is 7.93. The van der Waals surface area contributed by atoms with Crippen LogP contribution in [0.3, 0.4) is 0 Å². The van der Waals surface area contributed by atoms with Gasteiger partial charge < -0.3 is 9.84 Å². The van der Waals surface area contributed by atoms with Crippen molar-refractivity contribution in [3.63, 3.8) is 0 Å². The van der Waals surface area contributed by atoms with Crippen LogP contribution >= 0.6 is 0 Å². The minimum absolute atomic E-state index is 0.148. The Morgan fingerprint density at radius 3 is 2.44 bits per heavy atom. The smallest absolute Gasteiger partial charge is 0.248 e. The third-order valence-corrected chi connectivity index (χ3v) is 5.99. The van der Waals surface area contributed by atoms with Gasteiger partial charge in [-0.3, -0.25) is 4.31 Å². The van der Waals surface area contributed by atoms with Gasteiger partial charge in [-0.15, -0.1) is 0 Å². The zero-order valence-corrected chi connectivity index (χ0v) is 15.8. The number of sulfonamides is 1. The maximum atomic E-state index is 12.0. The molecule has 0 aliphatic carbocycles. The zero-order chi connectivity index (χ0) is 18.2. The Balaban J connectivity index is 1.70. The van der Waals surface area contributed by atoms with Gasteiger partial charge in [0.2, 0.25) is 15.9 Å². The Labute approximate surface area is 148 Å². The van der Waals surface area contributed by atoms with Crippen LogP contribution in [0.2, 0.25) is 0 Å². The monoisotopic (exact) mass is 364 g/mol. The van der Waals surface area contributed by atoms with E-state index < -0.39 is 10.0 Å². The van der Waals surface area contributed by atoms with Gasteiger partial charge in [0.15, 0.2) is 5.82 Å². The van der Waals surface area contributed by atoms with Gasteiger partial charge in [-0.2, -0.15) is 4.98 Å². The standard InChI is InChI=1S/C17H24N4O3S/c1-12(15-19-16(20-24-15)17(2,3)4)18-13-6-8-14(9-7-13)21-10-5-11-25(21,22)23/h6-9,12,18H,5,10-11H2,1-4H3/t12-/m1/s1. The summed E-state index contributed by atoms with van der Waals surface area (Å²) in [6, 6.07) is 7.20. The summed E-state index contributed by atoms with van der Waals surface area (Å²) in [5.41, 5.74) is 1.40. The van der Waals surface area contributed by atoms with Gasteiger partial charge >= 0.3 is 0 Å². The first-order valence-electron chi connectivity index (χ1n) is 8.38. The van der Waals surface area contributed by atoms with E-state index in [1.165, 1.54) is 4.31 Å². The Kier molecular flexibility index (Phi) is 4.49. The SMILES string of the molecule is C[C@@H](Nc1ccc(N2CCCS2(=O)=O)cc1)c1nc(C(C)(C)C)no1. The van der Waals surface area contributed by atoms with E-state index in [1.807, 2.05) is 52.0 Å². The number of benzene rings is 1. The average Bonchev–Trinajstić information content (AvgIpc) is 3.14. The van der Waals surface area contributed by atoms with Gasteiger partial charge in [-0.05, 0) is 37.6 Å². The highest BCUT2D eigenvalue weighted by atomic mass is 32.2. The van der Waals surface area contributed by atoms with Gasteiger partial charge in [0.1, 0.15) is 6.04 Å². The minimum atomic E-state index is -3.15. The van der Waals surface area contributed by atoms with Crippen LogP contribution in [0, 0.1) is 0 Å². The summed E-state index contributed by atoms with van der Waals surface area (Å²) in [7, 11) is -3.15. The van der Waals surface area contributed by atoms with Crippen molar-refractivity contribution in [2.24, 2.45) is 0 Å². The molecule has 1 N–H and O–H groups in total. The third kappa shape index (κ3) is 3.78. The Hall–Kier alpha value is -2.09. The van der Waals surface area contributed by atoms with Crippen LogP contribution in [0.25, 0.3) is 0 Å². The zero-order valence-electron chi connectivity index (χ0n) is 15.0. The van der Waals surface area contributed by atoms with Gasteiger partial charge in [0, 0.05) is 17.6 Å². The number of hydrogen-bond donors (Lipinski definition) is 1. The molecule has 1 aromatic carbocycles. The summed E-state index contributed by atoms with van der Waals surface area (Å²) in [5, 5.41) is 7.33. The number of anilines is 2. The fourth-order valence-electron chi connectivity index (χ4n) is 2.68. The summed E-state index contributed by atoms with van der Waals surface area (Å²) in [6.45, 7) is 8.59. The maximum absolute atomic E-state index is 12.0. The number of rotatable bonds is 4. The second-order valence-corrected chi connectivity index (χ2v) is 9.37. The van der Waals surface area contributed by atoms with Crippen LogP contribution in [0.4, 0.5) is 11.4 Å². The molecule has 0 unspecified atom stereocenters. The van der Waals surface area contributed by atoms with Crippen molar-refractivity contribution in [3.8, 4) is 0 Å². The van der Waals surface area contributed by atoms with E-state index in [9.17, 15) is 8.42 Å². The first-order valence-corrected chi connectivity index (χ1v) is 9.99. The Bertz CT molecular complexity index is 838. The molecule has 1 saturated heterocycles. The van der Waals surface area contributed by atoms with Crippen LogP contribution in [-0.4, -0.2) is 30.9 Å². The lowest BCUT2D eigenvalue weighted by Crippen LogP contribution is -2.24. The van der Waals surface area contributed by atoms with E-state index in [1.54, 1.807) is 0 Å². The molecule has 2 heterocycles. The minimum Gasteiger partial charge on any atom is -0.374 e. The second-order valence-electron chi connectivity index (χ2n) is 7.36. The highest BCUT2D eigenvalue weighted by Gasteiger charge is 2.28. The molecule has 7 nitrogen and oxygen atoms in total. The Morgan fingerprint density at radius 1 is 1.24 bits per heavy atom. The van der Waals surface area contributed by atoms with Gasteiger partial charge in [0.05, 0.1) is 11.4 Å². The molecule has 0 radical (unpaired) electrons. The molecule has 136 valence electrons. The normalized spacial score (nSPS) is 18.3. The fraction of sp³-hybridized carbons (Fsp3) is 0.529. The van der Waals surface area contributed by atoms with E-state index in [-0.39, 0.29) is 17.2 Å². The lowest BCUT2D eigenvalue weighted by molar-refractivity contribution is 0.354. The summed E-state index contributed by atoms with van der Waals surface area (Å²) >= 11 is 0. The fourth-order valence-corrected chi connectivity index (χ4v) is 4.25. The average molecular weight is 364 g/mol. The topological polar surface area (TPSA) is 88.3 Å². The molecule has 3 rings (SSSR count). The third-order valence-electron chi connectivity index (χ3n) is 4.12. The summed E-state index contributed by atoms with van der Waals surface area (Å²) < 4.78 is 30.8. The van der Waals surface area contributed by atoms with Crippen LogP contribution in [-0.2, 0) is 15.4 Å². The molecule has 25 heavy (non-hydrogen) atoms. The van der Waals surface area contributed by atoms with Crippen LogP contribution < -0.4 is 9.62 Å². The van der Waals surface area contributed by atoms with Gasteiger partial charge in [0.25, 0.3) is 0 Å². The molecule has 0 saturated carbocycles. The molecule has 1 aliphatic rings. The molecule has 8 heteroatoms. The van der Waals surface area contributed by atoms with Crippen LogP contribution in [0.15, 0.2) is 28.8 Å². The van der Waals surface area contributed by atoms with E-state index in [0.717, 1.165) is 5.69 Å². The van der Waals surface area contributed by atoms with E-state index in [2.05, 4.69) is 15.5 Å². The molecule has 0 bridgehead atoms. The molecule has 0 amide bonds. The van der Waals surface area contributed by atoms with Crippen LogP contribution in [0.1, 0.15) is 51.9 Å². The van der Waals surface area contributed by atoms with Crippen molar-refractivity contribution in [1.29, 1.82) is 0 Å². The van der Waals surface area contributed by atoms with Crippen molar-refractivity contribution >= 4 is 21.4 Å². The van der Waals surface area contributed by atoms with Crippen LogP contribution in [0.5, 0.6) is 0 Å². The first kappa shape index (κ1) is 17.7. The predicted molar refractivity (Wildman–Crippen MR) is 97.2 cm³/mol. The van der Waals surface area contributed by atoms with Crippen molar-refractivity contribution in [1.82, 2.24) is 10.1 Å².